The lowest BCUT2D eigenvalue weighted by atomic mass is 10.2. The maximum atomic E-state index is 4.36. The van der Waals surface area contributed by atoms with Crippen LogP contribution >= 0.6 is 23.1 Å². The normalized spacial score (nSPS) is 13.0. The number of hydrogen-bond donors (Lipinski definition) is 1. The number of aromatic nitrogens is 1. The SMILES string of the molecule is CCNC(CCCSC)c1nccs1. The van der Waals surface area contributed by atoms with Crippen LogP contribution in [-0.2, 0) is 0 Å². The first-order chi connectivity index (χ1) is 6.88. The second kappa shape index (κ2) is 7.26. The number of rotatable bonds is 7. The summed E-state index contributed by atoms with van der Waals surface area (Å²) >= 11 is 3.66. The highest BCUT2D eigenvalue weighted by molar-refractivity contribution is 7.98. The van der Waals surface area contributed by atoms with Crippen molar-refractivity contribution in [2.24, 2.45) is 0 Å². The van der Waals surface area contributed by atoms with Crippen molar-refractivity contribution < 1.29 is 0 Å². The minimum Gasteiger partial charge on any atom is -0.308 e. The molecule has 0 amide bonds. The number of thioether (sulfide) groups is 1. The van der Waals surface area contributed by atoms with E-state index in [1.54, 1.807) is 11.3 Å². The lowest BCUT2D eigenvalue weighted by Crippen LogP contribution is -2.20. The number of nitrogens with one attached hydrogen (secondary N) is 1. The Morgan fingerprint density at radius 2 is 2.50 bits per heavy atom. The maximum Gasteiger partial charge on any atom is 0.109 e. The molecule has 1 aromatic rings. The maximum absolute atomic E-state index is 4.36. The lowest BCUT2D eigenvalue weighted by molar-refractivity contribution is 0.509. The monoisotopic (exact) mass is 230 g/mol. The summed E-state index contributed by atoms with van der Waals surface area (Å²) in [5.74, 6) is 1.24. The predicted molar refractivity (Wildman–Crippen MR) is 66.1 cm³/mol. The Kier molecular flexibility index (Phi) is 6.23. The van der Waals surface area contributed by atoms with Crippen LogP contribution in [0, 0.1) is 0 Å². The summed E-state index contributed by atoms with van der Waals surface area (Å²) in [7, 11) is 0. The molecular weight excluding hydrogens is 212 g/mol. The van der Waals surface area contributed by atoms with Crippen LogP contribution in [0.5, 0.6) is 0 Å². The fourth-order valence-electron chi connectivity index (χ4n) is 1.40. The second-order valence-corrected chi connectivity index (χ2v) is 5.03. The molecule has 1 aromatic heterocycles. The van der Waals surface area contributed by atoms with E-state index in [4.69, 9.17) is 0 Å². The third-order valence-corrected chi connectivity index (χ3v) is 3.63. The zero-order valence-electron chi connectivity index (χ0n) is 8.82. The summed E-state index contributed by atoms with van der Waals surface area (Å²) in [5.41, 5.74) is 0. The Balaban J connectivity index is 2.39. The molecule has 1 unspecified atom stereocenters. The molecular formula is C10H18N2S2. The van der Waals surface area contributed by atoms with Crippen molar-refractivity contribution in [3.63, 3.8) is 0 Å². The third-order valence-electron chi connectivity index (χ3n) is 2.04. The Morgan fingerprint density at radius 3 is 3.07 bits per heavy atom. The molecule has 1 atom stereocenters. The van der Waals surface area contributed by atoms with Gasteiger partial charge in [-0.25, -0.2) is 4.98 Å². The summed E-state index contributed by atoms with van der Waals surface area (Å²) in [4.78, 5) is 4.36. The second-order valence-electron chi connectivity index (χ2n) is 3.12. The first-order valence-electron chi connectivity index (χ1n) is 5.00. The number of thiazole rings is 1. The van der Waals surface area contributed by atoms with Gasteiger partial charge in [-0.3, -0.25) is 0 Å². The van der Waals surface area contributed by atoms with Gasteiger partial charge in [-0.15, -0.1) is 11.3 Å². The van der Waals surface area contributed by atoms with Gasteiger partial charge in [0.15, 0.2) is 0 Å². The molecule has 4 heteroatoms. The van der Waals surface area contributed by atoms with Gasteiger partial charge in [-0.2, -0.15) is 11.8 Å². The van der Waals surface area contributed by atoms with E-state index in [2.05, 4.69) is 23.5 Å². The van der Waals surface area contributed by atoms with Gasteiger partial charge in [0.1, 0.15) is 5.01 Å². The molecule has 80 valence electrons. The quantitative estimate of drug-likeness (QED) is 0.729. The molecule has 1 heterocycles. The van der Waals surface area contributed by atoms with Crippen molar-refractivity contribution in [1.29, 1.82) is 0 Å². The standard InChI is InChI=1S/C10H18N2S2/c1-3-11-9(5-4-7-13-2)10-12-6-8-14-10/h6,8-9,11H,3-5,7H2,1-2H3. The highest BCUT2D eigenvalue weighted by Gasteiger charge is 2.11. The van der Waals surface area contributed by atoms with E-state index < -0.39 is 0 Å². The average Bonchev–Trinajstić information content (AvgIpc) is 2.70. The summed E-state index contributed by atoms with van der Waals surface area (Å²) in [6, 6.07) is 0.465. The van der Waals surface area contributed by atoms with E-state index in [0.717, 1.165) is 6.54 Å². The van der Waals surface area contributed by atoms with Gasteiger partial charge in [0.05, 0.1) is 6.04 Å². The van der Waals surface area contributed by atoms with Crippen molar-refractivity contribution in [2.45, 2.75) is 25.8 Å². The molecule has 0 bridgehead atoms. The highest BCUT2D eigenvalue weighted by atomic mass is 32.2. The zero-order chi connectivity index (χ0) is 10.2. The zero-order valence-corrected chi connectivity index (χ0v) is 10.5. The Morgan fingerprint density at radius 1 is 1.64 bits per heavy atom. The Hall–Kier alpha value is -0.0600. The topological polar surface area (TPSA) is 24.9 Å². The molecule has 0 fully saturated rings. The summed E-state index contributed by atoms with van der Waals surface area (Å²) in [6.07, 6.45) is 6.51. The van der Waals surface area contributed by atoms with Gasteiger partial charge >= 0.3 is 0 Å². The van der Waals surface area contributed by atoms with Gasteiger partial charge in [-0.05, 0) is 31.4 Å². The fraction of sp³-hybridized carbons (Fsp3) is 0.700. The van der Waals surface area contributed by atoms with E-state index in [0.29, 0.717) is 6.04 Å². The summed E-state index contributed by atoms with van der Waals surface area (Å²) in [6.45, 7) is 3.17. The van der Waals surface area contributed by atoms with Crippen LogP contribution in [0.3, 0.4) is 0 Å². The Bertz CT molecular complexity index is 224. The highest BCUT2D eigenvalue weighted by Crippen LogP contribution is 2.21. The smallest absolute Gasteiger partial charge is 0.109 e. The van der Waals surface area contributed by atoms with Crippen LogP contribution in [0.25, 0.3) is 0 Å². The van der Waals surface area contributed by atoms with Crippen LogP contribution in [0.15, 0.2) is 11.6 Å². The van der Waals surface area contributed by atoms with Crippen molar-refractivity contribution in [1.82, 2.24) is 10.3 Å². The van der Waals surface area contributed by atoms with Gasteiger partial charge in [0.2, 0.25) is 0 Å². The molecule has 0 radical (unpaired) electrons. The van der Waals surface area contributed by atoms with Crippen LogP contribution in [-0.4, -0.2) is 23.5 Å². The van der Waals surface area contributed by atoms with E-state index in [1.807, 2.05) is 23.3 Å². The van der Waals surface area contributed by atoms with Crippen LogP contribution in [0.4, 0.5) is 0 Å². The Labute approximate surface area is 94.5 Å². The van der Waals surface area contributed by atoms with Gasteiger partial charge in [0.25, 0.3) is 0 Å². The molecule has 0 spiro atoms. The number of hydrogen-bond acceptors (Lipinski definition) is 4. The molecule has 0 aliphatic heterocycles. The molecule has 0 aromatic carbocycles. The van der Waals surface area contributed by atoms with Crippen molar-refractivity contribution in [3.8, 4) is 0 Å². The van der Waals surface area contributed by atoms with Crippen molar-refractivity contribution in [2.75, 3.05) is 18.6 Å². The largest absolute Gasteiger partial charge is 0.308 e. The molecule has 0 saturated heterocycles. The predicted octanol–water partition coefficient (Wildman–Crippen LogP) is 2.94. The summed E-state index contributed by atoms with van der Waals surface area (Å²) < 4.78 is 0. The van der Waals surface area contributed by atoms with E-state index in [-0.39, 0.29) is 0 Å². The summed E-state index contributed by atoms with van der Waals surface area (Å²) in [5, 5.41) is 6.76. The molecule has 1 N–H and O–H groups in total. The third kappa shape index (κ3) is 3.98. The van der Waals surface area contributed by atoms with Gasteiger partial charge < -0.3 is 5.32 Å². The van der Waals surface area contributed by atoms with E-state index in [1.165, 1.54) is 23.6 Å². The average molecular weight is 230 g/mol. The fourth-order valence-corrected chi connectivity index (χ4v) is 2.60. The lowest BCUT2D eigenvalue weighted by Gasteiger charge is -2.14. The number of nitrogens with zero attached hydrogens (tertiary/aromatic N) is 1. The molecule has 1 rings (SSSR count). The molecule has 0 saturated carbocycles. The first kappa shape index (κ1) is 12.0. The van der Waals surface area contributed by atoms with E-state index >= 15 is 0 Å². The van der Waals surface area contributed by atoms with Crippen LogP contribution in [0.1, 0.15) is 30.8 Å². The molecule has 0 aliphatic rings. The van der Waals surface area contributed by atoms with E-state index in [9.17, 15) is 0 Å². The molecule has 2 nitrogen and oxygen atoms in total. The van der Waals surface area contributed by atoms with Gasteiger partial charge in [-0.1, -0.05) is 6.92 Å². The van der Waals surface area contributed by atoms with Crippen molar-refractivity contribution >= 4 is 23.1 Å². The molecule has 14 heavy (non-hydrogen) atoms. The van der Waals surface area contributed by atoms with Crippen LogP contribution in [0.2, 0.25) is 0 Å². The first-order valence-corrected chi connectivity index (χ1v) is 7.27. The molecule has 0 aliphatic carbocycles. The van der Waals surface area contributed by atoms with Gasteiger partial charge in [0, 0.05) is 11.6 Å². The van der Waals surface area contributed by atoms with Crippen molar-refractivity contribution in [3.05, 3.63) is 16.6 Å². The van der Waals surface area contributed by atoms with Crippen LogP contribution < -0.4 is 5.32 Å². The minimum atomic E-state index is 0.465. The minimum absolute atomic E-state index is 0.465.